The number of aryl methyl sites for hydroxylation is 3. The molecule has 3 rings (SSSR count). The molecule has 1 aromatic carbocycles. The predicted molar refractivity (Wildman–Crippen MR) is 64.3 cm³/mol. The number of nitrogens with zero attached hydrogens (tertiary/aromatic N) is 1. The Bertz CT molecular complexity index is 499. The second-order valence-electron chi connectivity index (χ2n) is 4.02. The molecule has 0 fully saturated rings. The minimum atomic E-state index is 1.19. The molecule has 0 spiro atoms. The van der Waals surface area contributed by atoms with Gasteiger partial charge in [-0.15, -0.1) is 11.3 Å². The number of rotatable bonds is 0. The van der Waals surface area contributed by atoms with E-state index in [-0.39, 0.29) is 0 Å². The van der Waals surface area contributed by atoms with E-state index in [1.54, 1.807) is 0 Å². The Morgan fingerprint density at radius 3 is 3.00 bits per heavy atom. The Morgan fingerprint density at radius 1 is 1.20 bits per heavy atom. The minimum absolute atomic E-state index is 1.19. The van der Waals surface area contributed by atoms with Crippen LogP contribution in [0.2, 0.25) is 0 Å². The van der Waals surface area contributed by atoms with Crippen molar-refractivity contribution in [1.82, 2.24) is 4.98 Å². The monoisotopic (exact) mass is 215 g/mol. The van der Waals surface area contributed by atoms with E-state index in [4.69, 9.17) is 0 Å². The minimum Gasteiger partial charge on any atom is -0.241 e. The van der Waals surface area contributed by atoms with Crippen LogP contribution in [0.15, 0.2) is 24.3 Å². The highest BCUT2D eigenvalue weighted by molar-refractivity contribution is 7.12. The average Bonchev–Trinajstić information content (AvgIpc) is 2.52. The van der Waals surface area contributed by atoms with Gasteiger partial charge in [0, 0.05) is 10.4 Å². The van der Waals surface area contributed by atoms with Crippen LogP contribution < -0.4 is 0 Å². The van der Waals surface area contributed by atoms with E-state index in [2.05, 4.69) is 36.2 Å². The molecule has 1 aromatic heterocycles. The van der Waals surface area contributed by atoms with Crippen LogP contribution in [0.4, 0.5) is 0 Å². The highest BCUT2D eigenvalue weighted by Crippen LogP contribution is 2.34. The molecule has 0 saturated carbocycles. The number of benzene rings is 1. The maximum Gasteiger partial charge on any atom is 0.0904 e. The van der Waals surface area contributed by atoms with Gasteiger partial charge in [-0.25, -0.2) is 4.98 Å². The van der Waals surface area contributed by atoms with Gasteiger partial charge >= 0.3 is 0 Å². The molecule has 1 nitrogen and oxygen atoms in total. The number of fused-ring (bicyclic) bond motifs is 3. The Morgan fingerprint density at radius 2 is 2.07 bits per heavy atom. The number of hydrogen-bond donors (Lipinski definition) is 0. The second kappa shape index (κ2) is 3.46. The summed E-state index contributed by atoms with van der Waals surface area (Å²) in [6, 6.07) is 8.68. The van der Waals surface area contributed by atoms with Gasteiger partial charge in [-0.2, -0.15) is 0 Å². The van der Waals surface area contributed by atoms with Gasteiger partial charge in [0.1, 0.15) is 0 Å². The molecule has 0 amide bonds. The lowest BCUT2D eigenvalue weighted by molar-refractivity contribution is 0.843. The van der Waals surface area contributed by atoms with Crippen molar-refractivity contribution in [2.75, 3.05) is 0 Å². The van der Waals surface area contributed by atoms with E-state index in [0.29, 0.717) is 0 Å². The smallest absolute Gasteiger partial charge is 0.0904 e. The summed E-state index contributed by atoms with van der Waals surface area (Å²) in [6.45, 7) is 2.10. The van der Waals surface area contributed by atoms with Crippen LogP contribution in [0.3, 0.4) is 0 Å². The summed E-state index contributed by atoms with van der Waals surface area (Å²) < 4.78 is 0. The lowest BCUT2D eigenvalue weighted by atomic mass is 10.0. The number of aromatic nitrogens is 1. The fourth-order valence-electron chi connectivity index (χ4n) is 2.26. The zero-order valence-corrected chi connectivity index (χ0v) is 9.60. The van der Waals surface area contributed by atoms with Crippen LogP contribution >= 0.6 is 11.3 Å². The molecule has 76 valence electrons. The van der Waals surface area contributed by atoms with Gasteiger partial charge in [-0.3, -0.25) is 0 Å². The van der Waals surface area contributed by atoms with Crippen molar-refractivity contribution in [2.24, 2.45) is 0 Å². The third-order valence-electron chi connectivity index (χ3n) is 2.93. The van der Waals surface area contributed by atoms with Crippen LogP contribution in [0, 0.1) is 6.92 Å². The standard InChI is InChI=1S/C13H13NS/c1-9-14-13-11-7-3-2-5-10(11)6-4-8-12(13)15-9/h2-3,5,7H,4,6,8H2,1H3. The van der Waals surface area contributed by atoms with E-state index < -0.39 is 0 Å². The molecule has 1 heterocycles. The average molecular weight is 215 g/mol. The zero-order valence-electron chi connectivity index (χ0n) is 8.79. The first-order valence-corrected chi connectivity index (χ1v) is 6.21. The molecular formula is C13H13NS. The Hall–Kier alpha value is -1.15. The molecule has 15 heavy (non-hydrogen) atoms. The Balaban J connectivity index is 2.26. The molecule has 0 saturated heterocycles. The molecule has 1 aliphatic carbocycles. The maximum atomic E-state index is 4.67. The van der Waals surface area contributed by atoms with E-state index in [9.17, 15) is 0 Å². The highest BCUT2D eigenvalue weighted by atomic mass is 32.1. The van der Waals surface area contributed by atoms with E-state index in [0.717, 1.165) is 0 Å². The van der Waals surface area contributed by atoms with Crippen molar-refractivity contribution in [3.05, 3.63) is 39.7 Å². The fraction of sp³-hybridized carbons (Fsp3) is 0.308. The fourth-order valence-corrected chi connectivity index (χ4v) is 3.25. The van der Waals surface area contributed by atoms with Crippen molar-refractivity contribution in [3.63, 3.8) is 0 Å². The number of hydrogen-bond acceptors (Lipinski definition) is 2. The highest BCUT2D eigenvalue weighted by Gasteiger charge is 2.17. The molecule has 0 aliphatic heterocycles. The summed E-state index contributed by atoms with van der Waals surface area (Å²) in [5.74, 6) is 0. The molecule has 0 radical (unpaired) electrons. The quantitative estimate of drug-likeness (QED) is 0.654. The third-order valence-corrected chi connectivity index (χ3v) is 3.96. The SMILES string of the molecule is Cc1nc2c(s1)CCCc1ccccc1-2. The van der Waals surface area contributed by atoms with Gasteiger partial charge in [0.05, 0.1) is 10.7 Å². The van der Waals surface area contributed by atoms with Crippen LogP contribution in [-0.4, -0.2) is 4.98 Å². The van der Waals surface area contributed by atoms with Crippen molar-refractivity contribution in [2.45, 2.75) is 26.2 Å². The normalized spacial score (nSPS) is 14.2. The van der Waals surface area contributed by atoms with Crippen LogP contribution in [-0.2, 0) is 12.8 Å². The van der Waals surface area contributed by atoms with Gasteiger partial charge < -0.3 is 0 Å². The van der Waals surface area contributed by atoms with Gasteiger partial charge in [0.15, 0.2) is 0 Å². The predicted octanol–water partition coefficient (Wildman–Crippen LogP) is 3.61. The maximum absolute atomic E-state index is 4.67. The summed E-state index contributed by atoms with van der Waals surface area (Å²) in [4.78, 5) is 6.14. The zero-order chi connectivity index (χ0) is 10.3. The van der Waals surface area contributed by atoms with Crippen LogP contribution in [0.25, 0.3) is 11.3 Å². The topological polar surface area (TPSA) is 12.9 Å². The first-order chi connectivity index (χ1) is 7.34. The third kappa shape index (κ3) is 1.49. The van der Waals surface area contributed by atoms with Crippen molar-refractivity contribution in [1.29, 1.82) is 0 Å². The molecule has 0 unspecified atom stereocenters. The first kappa shape index (κ1) is 9.10. The van der Waals surface area contributed by atoms with Gasteiger partial charge in [-0.05, 0) is 31.7 Å². The summed E-state index contributed by atoms with van der Waals surface area (Å²) in [6.07, 6.45) is 3.64. The molecule has 1 aliphatic rings. The summed E-state index contributed by atoms with van der Waals surface area (Å²) in [5, 5.41) is 1.19. The Labute approximate surface area is 93.8 Å². The van der Waals surface area contributed by atoms with Crippen molar-refractivity contribution in [3.8, 4) is 11.3 Å². The van der Waals surface area contributed by atoms with Crippen LogP contribution in [0.1, 0.15) is 21.9 Å². The molecule has 2 aromatic rings. The number of thiazole rings is 1. The lowest BCUT2D eigenvalue weighted by Crippen LogP contribution is -1.87. The molecule has 0 N–H and O–H groups in total. The summed E-state index contributed by atoms with van der Waals surface area (Å²) >= 11 is 1.86. The van der Waals surface area contributed by atoms with Crippen molar-refractivity contribution < 1.29 is 0 Å². The van der Waals surface area contributed by atoms with Crippen molar-refractivity contribution >= 4 is 11.3 Å². The molecule has 2 heteroatoms. The van der Waals surface area contributed by atoms with Crippen LogP contribution in [0.5, 0.6) is 0 Å². The first-order valence-electron chi connectivity index (χ1n) is 5.39. The Kier molecular flexibility index (Phi) is 2.10. The van der Waals surface area contributed by atoms with Gasteiger partial charge in [-0.1, -0.05) is 24.3 Å². The second-order valence-corrected chi connectivity index (χ2v) is 5.30. The summed E-state index contributed by atoms with van der Waals surface area (Å²) in [7, 11) is 0. The summed E-state index contributed by atoms with van der Waals surface area (Å²) in [5.41, 5.74) is 4.06. The molecule has 0 atom stereocenters. The van der Waals surface area contributed by atoms with Gasteiger partial charge in [0.25, 0.3) is 0 Å². The largest absolute Gasteiger partial charge is 0.241 e. The van der Waals surface area contributed by atoms with E-state index in [1.165, 1.54) is 46.0 Å². The van der Waals surface area contributed by atoms with E-state index in [1.807, 2.05) is 11.3 Å². The lowest BCUT2D eigenvalue weighted by Gasteiger charge is -2.03. The molecular weight excluding hydrogens is 202 g/mol. The molecule has 0 bridgehead atoms. The van der Waals surface area contributed by atoms with E-state index >= 15 is 0 Å². The van der Waals surface area contributed by atoms with Gasteiger partial charge in [0.2, 0.25) is 0 Å².